The van der Waals surface area contributed by atoms with Gasteiger partial charge in [-0.25, -0.2) is 9.38 Å². The minimum Gasteiger partial charge on any atom is -0.377 e. The number of benzene rings is 2. The largest absolute Gasteiger partial charge is 0.377 e. The predicted molar refractivity (Wildman–Crippen MR) is 107 cm³/mol. The minimum atomic E-state index is -0.210. The van der Waals surface area contributed by atoms with E-state index in [0.717, 1.165) is 43.0 Å². The first-order chi connectivity index (χ1) is 13.2. The Morgan fingerprint density at radius 1 is 1.04 bits per heavy atom. The molecule has 1 fully saturated rings. The van der Waals surface area contributed by atoms with Gasteiger partial charge in [0.15, 0.2) is 5.96 Å². The molecule has 6 heteroatoms. The van der Waals surface area contributed by atoms with E-state index in [9.17, 15) is 4.39 Å². The summed E-state index contributed by atoms with van der Waals surface area (Å²) < 4.78 is 18.6. The van der Waals surface area contributed by atoms with E-state index in [1.165, 1.54) is 12.1 Å². The fourth-order valence-corrected chi connectivity index (χ4v) is 3.18. The third kappa shape index (κ3) is 5.20. The van der Waals surface area contributed by atoms with Crippen LogP contribution in [-0.2, 0) is 17.9 Å². The van der Waals surface area contributed by atoms with Gasteiger partial charge in [0.05, 0.1) is 13.2 Å². The predicted octanol–water partition coefficient (Wildman–Crippen LogP) is 3.00. The lowest BCUT2D eigenvalue weighted by molar-refractivity contribution is 0.133. The van der Waals surface area contributed by atoms with Crippen LogP contribution in [0.15, 0.2) is 53.5 Å². The maximum Gasteiger partial charge on any atom is 0.191 e. The molecule has 1 heterocycles. The standard InChI is InChI=1S/C21H27FN4O/c1-2-27-16-18-6-4-3-5-17(18)15-24-21(23)26-13-11-25(12-14-26)20-9-7-19(22)8-10-20/h3-10H,2,11-16H2,1H3,(H2,23,24). The molecule has 0 radical (unpaired) electrons. The van der Waals surface area contributed by atoms with Gasteiger partial charge in [0.25, 0.3) is 0 Å². The fraction of sp³-hybridized carbons (Fsp3) is 0.381. The van der Waals surface area contributed by atoms with Crippen molar-refractivity contribution in [1.82, 2.24) is 4.90 Å². The number of aliphatic imine (C=N–C) groups is 1. The minimum absolute atomic E-state index is 0.210. The molecular formula is C21H27FN4O. The van der Waals surface area contributed by atoms with Crippen LogP contribution < -0.4 is 10.6 Å². The van der Waals surface area contributed by atoms with Gasteiger partial charge >= 0.3 is 0 Å². The lowest BCUT2D eigenvalue weighted by Crippen LogP contribution is -2.51. The van der Waals surface area contributed by atoms with E-state index in [2.05, 4.69) is 26.9 Å². The Labute approximate surface area is 160 Å². The van der Waals surface area contributed by atoms with Crippen LogP contribution in [0.25, 0.3) is 0 Å². The van der Waals surface area contributed by atoms with Crippen molar-refractivity contribution in [2.24, 2.45) is 10.7 Å². The maximum atomic E-state index is 13.1. The van der Waals surface area contributed by atoms with Crippen molar-refractivity contribution in [3.05, 3.63) is 65.5 Å². The molecule has 0 bridgehead atoms. The molecule has 5 nitrogen and oxygen atoms in total. The Kier molecular flexibility index (Phi) is 6.65. The summed E-state index contributed by atoms with van der Waals surface area (Å²) >= 11 is 0. The van der Waals surface area contributed by atoms with Crippen molar-refractivity contribution >= 4 is 11.6 Å². The molecule has 2 aromatic carbocycles. The second-order valence-electron chi connectivity index (χ2n) is 6.53. The molecule has 1 aliphatic rings. The topological polar surface area (TPSA) is 54.1 Å². The summed E-state index contributed by atoms with van der Waals surface area (Å²) in [6, 6.07) is 14.8. The average molecular weight is 370 g/mol. The highest BCUT2D eigenvalue weighted by Gasteiger charge is 2.18. The summed E-state index contributed by atoms with van der Waals surface area (Å²) in [5.74, 6) is 0.360. The smallest absolute Gasteiger partial charge is 0.191 e. The molecule has 144 valence electrons. The van der Waals surface area contributed by atoms with Crippen molar-refractivity contribution in [2.75, 3.05) is 37.7 Å². The van der Waals surface area contributed by atoms with Crippen molar-refractivity contribution < 1.29 is 9.13 Å². The molecular weight excluding hydrogens is 343 g/mol. The average Bonchev–Trinajstić information content (AvgIpc) is 2.72. The Hall–Kier alpha value is -2.60. The second kappa shape index (κ2) is 9.37. The molecule has 0 aromatic heterocycles. The molecule has 0 unspecified atom stereocenters. The van der Waals surface area contributed by atoms with Gasteiger partial charge in [-0.05, 0) is 42.3 Å². The number of hydrogen-bond donors (Lipinski definition) is 1. The summed E-state index contributed by atoms with van der Waals surface area (Å²) in [5, 5.41) is 0. The van der Waals surface area contributed by atoms with Gasteiger partial charge < -0.3 is 20.3 Å². The molecule has 0 atom stereocenters. The Morgan fingerprint density at radius 3 is 2.37 bits per heavy atom. The van der Waals surface area contributed by atoms with Crippen LogP contribution in [0.1, 0.15) is 18.1 Å². The van der Waals surface area contributed by atoms with Crippen molar-refractivity contribution in [3.63, 3.8) is 0 Å². The molecule has 0 spiro atoms. The normalized spacial score (nSPS) is 15.3. The third-order valence-electron chi connectivity index (χ3n) is 4.79. The first-order valence-electron chi connectivity index (χ1n) is 9.37. The van der Waals surface area contributed by atoms with Crippen LogP contribution in [0, 0.1) is 5.82 Å². The summed E-state index contributed by atoms with van der Waals surface area (Å²) in [4.78, 5) is 8.93. The van der Waals surface area contributed by atoms with E-state index < -0.39 is 0 Å². The number of rotatable bonds is 6. The van der Waals surface area contributed by atoms with Gasteiger partial charge in [-0.1, -0.05) is 24.3 Å². The van der Waals surface area contributed by atoms with Gasteiger partial charge in [-0.15, -0.1) is 0 Å². The van der Waals surface area contributed by atoms with Gasteiger partial charge in [-0.2, -0.15) is 0 Å². The monoisotopic (exact) mass is 370 g/mol. The van der Waals surface area contributed by atoms with Gasteiger partial charge in [-0.3, -0.25) is 0 Å². The van der Waals surface area contributed by atoms with Gasteiger partial charge in [0.1, 0.15) is 5.82 Å². The van der Waals surface area contributed by atoms with Crippen molar-refractivity contribution in [1.29, 1.82) is 0 Å². The Morgan fingerprint density at radius 2 is 1.70 bits per heavy atom. The summed E-state index contributed by atoms with van der Waals surface area (Å²) in [5.41, 5.74) is 9.55. The summed E-state index contributed by atoms with van der Waals surface area (Å²) in [6.07, 6.45) is 0. The second-order valence-corrected chi connectivity index (χ2v) is 6.53. The van der Waals surface area contributed by atoms with Crippen molar-refractivity contribution in [3.8, 4) is 0 Å². The van der Waals surface area contributed by atoms with E-state index >= 15 is 0 Å². The molecule has 3 rings (SSSR count). The van der Waals surface area contributed by atoms with Crippen LogP contribution in [0.2, 0.25) is 0 Å². The Balaban J connectivity index is 1.56. The number of halogens is 1. The fourth-order valence-electron chi connectivity index (χ4n) is 3.18. The number of ether oxygens (including phenoxy) is 1. The molecule has 2 aromatic rings. The highest BCUT2D eigenvalue weighted by Crippen LogP contribution is 2.17. The highest BCUT2D eigenvalue weighted by molar-refractivity contribution is 5.78. The molecule has 1 saturated heterocycles. The number of nitrogens with zero attached hydrogens (tertiary/aromatic N) is 3. The zero-order valence-electron chi connectivity index (χ0n) is 15.8. The van der Waals surface area contributed by atoms with E-state index in [4.69, 9.17) is 10.5 Å². The van der Waals surface area contributed by atoms with Crippen LogP contribution >= 0.6 is 0 Å². The quantitative estimate of drug-likeness (QED) is 0.627. The molecule has 0 amide bonds. The number of anilines is 1. The molecule has 27 heavy (non-hydrogen) atoms. The van der Waals surface area contributed by atoms with E-state index in [1.807, 2.05) is 31.2 Å². The lowest BCUT2D eigenvalue weighted by Gasteiger charge is -2.36. The van der Waals surface area contributed by atoms with Crippen LogP contribution in [-0.4, -0.2) is 43.6 Å². The van der Waals surface area contributed by atoms with E-state index in [1.54, 1.807) is 0 Å². The van der Waals surface area contributed by atoms with Gasteiger partial charge in [0.2, 0.25) is 0 Å². The molecule has 2 N–H and O–H groups in total. The Bertz CT molecular complexity index is 755. The molecule has 0 aliphatic carbocycles. The SMILES string of the molecule is CCOCc1ccccc1CN=C(N)N1CCN(c2ccc(F)cc2)CC1. The summed E-state index contributed by atoms with van der Waals surface area (Å²) in [6.45, 7) is 7.10. The maximum absolute atomic E-state index is 13.1. The molecule has 1 aliphatic heterocycles. The molecule has 0 saturated carbocycles. The third-order valence-corrected chi connectivity index (χ3v) is 4.79. The van der Waals surface area contributed by atoms with E-state index in [-0.39, 0.29) is 5.82 Å². The van der Waals surface area contributed by atoms with Crippen LogP contribution in [0.3, 0.4) is 0 Å². The zero-order valence-corrected chi connectivity index (χ0v) is 15.8. The number of guanidine groups is 1. The van der Waals surface area contributed by atoms with Crippen LogP contribution in [0.4, 0.5) is 10.1 Å². The number of nitrogens with two attached hydrogens (primary N) is 1. The number of hydrogen-bond acceptors (Lipinski definition) is 3. The number of piperazine rings is 1. The van der Waals surface area contributed by atoms with E-state index in [0.29, 0.717) is 25.7 Å². The first kappa shape index (κ1) is 19.2. The van der Waals surface area contributed by atoms with Crippen LogP contribution in [0.5, 0.6) is 0 Å². The summed E-state index contributed by atoms with van der Waals surface area (Å²) in [7, 11) is 0. The van der Waals surface area contributed by atoms with Crippen molar-refractivity contribution in [2.45, 2.75) is 20.1 Å². The van der Waals surface area contributed by atoms with Gasteiger partial charge in [0, 0.05) is 38.5 Å². The first-order valence-corrected chi connectivity index (χ1v) is 9.37. The highest BCUT2D eigenvalue weighted by atomic mass is 19.1. The zero-order chi connectivity index (χ0) is 19.1. The lowest BCUT2D eigenvalue weighted by atomic mass is 10.1.